The quantitative estimate of drug-likeness (QED) is 0.803. The highest BCUT2D eigenvalue weighted by atomic mass is 79.9. The molecule has 0 radical (unpaired) electrons. The van der Waals surface area contributed by atoms with E-state index in [1.165, 1.54) is 0 Å². The summed E-state index contributed by atoms with van der Waals surface area (Å²) < 4.78 is 12.3. The molecular formula is C17H21BrClNO2. The molecule has 120 valence electrons. The fraction of sp³-hybridized carbons (Fsp3) is 0.294. The molecular weight excluding hydrogens is 366 g/mol. The maximum Gasteiger partial charge on any atom is 0.162 e. The topological polar surface area (TPSA) is 44.5 Å². The maximum absolute atomic E-state index is 5.90. The van der Waals surface area contributed by atoms with E-state index in [1.54, 1.807) is 7.11 Å². The molecule has 2 aromatic rings. The van der Waals surface area contributed by atoms with Crippen LogP contribution in [0.3, 0.4) is 0 Å². The Hall–Kier alpha value is -1.23. The molecule has 1 unspecified atom stereocenters. The summed E-state index contributed by atoms with van der Waals surface area (Å²) in [6.45, 7) is 2.50. The third-order valence-corrected chi connectivity index (χ3v) is 3.85. The average molecular weight is 387 g/mol. The summed E-state index contributed by atoms with van der Waals surface area (Å²) in [6, 6.07) is 14.1. The van der Waals surface area contributed by atoms with Gasteiger partial charge in [0.1, 0.15) is 6.61 Å². The molecule has 0 saturated heterocycles. The van der Waals surface area contributed by atoms with Crippen LogP contribution in [0, 0.1) is 0 Å². The lowest BCUT2D eigenvalue weighted by Gasteiger charge is -2.15. The first-order chi connectivity index (χ1) is 10.1. The fourth-order valence-corrected chi connectivity index (χ4v) is 2.57. The van der Waals surface area contributed by atoms with Gasteiger partial charge in [-0.05, 0) is 36.6 Å². The van der Waals surface area contributed by atoms with Gasteiger partial charge in [-0.3, -0.25) is 0 Å². The minimum absolute atomic E-state index is 0. The second-order valence-corrected chi connectivity index (χ2v) is 5.90. The van der Waals surface area contributed by atoms with Crippen molar-refractivity contribution >= 4 is 28.3 Å². The number of nitrogens with two attached hydrogens (primary N) is 1. The molecule has 1 atom stereocenters. The zero-order valence-corrected chi connectivity index (χ0v) is 15.1. The summed E-state index contributed by atoms with van der Waals surface area (Å²) in [7, 11) is 1.64. The van der Waals surface area contributed by atoms with Gasteiger partial charge in [-0.1, -0.05) is 46.3 Å². The van der Waals surface area contributed by atoms with Crippen molar-refractivity contribution in [2.75, 3.05) is 7.11 Å². The van der Waals surface area contributed by atoms with Gasteiger partial charge in [0.25, 0.3) is 0 Å². The molecule has 0 fully saturated rings. The Labute approximate surface area is 146 Å². The molecule has 2 aromatic carbocycles. The van der Waals surface area contributed by atoms with E-state index in [0.717, 1.165) is 27.8 Å². The van der Waals surface area contributed by atoms with Crippen LogP contribution >= 0.6 is 28.3 Å². The van der Waals surface area contributed by atoms with Gasteiger partial charge in [0.15, 0.2) is 11.5 Å². The number of benzene rings is 2. The van der Waals surface area contributed by atoms with E-state index in [-0.39, 0.29) is 18.4 Å². The molecule has 0 amide bonds. The lowest BCUT2D eigenvalue weighted by atomic mass is 10.1. The zero-order chi connectivity index (χ0) is 15.2. The molecule has 0 aliphatic carbocycles. The van der Waals surface area contributed by atoms with E-state index in [0.29, 0.717) is 12.4 Å². The minimum Gasteiger partial charge on any atom is -0.493 e. The first-order valence-corrected chi connectivity index (χ1v) is 7.68. The van der Waals surface area contributed by atoms with Crippen molar-refractivity contribution in [1.29, 1.82) is 0 Å². The number of hydrogen-bond acceptors (Lipinski definition) is 3. The number of rotatable bonds is 6. The molecule has 5 heteroatoms. The number of ether oxygens (including phenoxy) is 2. The number of halogens is 2. The van der Waals surface area contributed by atoms with Crippen molar-refractivity contribution in [1.82, 2.24) is 0 Å². The minimum atomic E-state index is 0. The van der Waals surface area contributed by atoms with Gasteiger partial charge in [-0.25, -0.2) is 0 Å². The first-order valence-electron chi connectivity index (χ1n) is 6.89. The van der Waals surface area contributed by atoms with Crippen LogP contribution in [0.2, 0.25) is 0 Å². The number of hydrogen-bond donors (Lipinski definition) is 1. The molecule has 0 spiro atoms. The van der Waals surface area contributed by atoms with Crippen molar-refractivity contribution in [3.8, 4) is 11.5 Å². The Morgan fingerprint density at radius 1 is 1.14 bits per heavy atom. The van der Waals surface area contributed by atoms with Gasteiger partial charge in [-0.2, -0.15) is 0 Å². The molecule has 0 bridgehead atoms. The van der Waals surface area contributed by atoms with Crippen molar-refractivity contribution in [3.05, 3.63) is 58.1 Å². The predicted molar refractivity (Wildman–Crippen MR) is 96.1 cm³/mol. The van der Waals surface area contributed by atoms with Crippen LogP contribution in [-0.2, 0) is 13.0 Å². The SMILES string of the molecule is COc1cc(Br)c(CC(C)N)cc1OCc1ccccc1.Cl. The van der Waals surface area contributed by atoms with E-state index < -0.39 is 0 Å². The molecule has 22 heavy (non-hydrogen) atoms. The Morgan fingerprint density at radius 3 is 2.41 bits per heavy atom. The first kappa shape index (κ1) is 18.8. The maximum atomic E-state index is 5.90. The van der Waals surface area contributed by atoms with Crippen molar-refractivity contribution in [2.45, 2.75) is 26.0 Å². The Bertz CT molecular complexity index is 591. The van der Waals surface area contributed by atoms with Crippen molar-refractivity contribution < 1.29 is 9.47 Å². The van der Waals surface area contributed by atoms with Gasteiger partial charge >= 0.3 is 0 Å². The highest BCUT2D eigenvalue weighted by Crippen LogP contribution is 2.34. The van der Waals surface area contributed by atoms with Gasteiger partial charge in [0.05, 0.1) is 7.11 Å². The molecule has 3 nitrogen and oxygen atoms in total. The largest absolute Gasteiger partial charge is 0.493 e. The summed E-state index contributed by atoms with van der Waals surface area (Å²) in [5.74, 6) is 1.45. The van der Waals surface area contributed by atoms with Crippen LogP contribution in [0.25, 0.3) is 0 Å². The highest BCUT2D eigenvalue weighted by molar-refractivity contribution is 9.10. The van der Waals surface area contributed by atoms with Crippen molar-refractivity contribution in [3.63, 3.8) is 0 Å². The van der Waals surface area contributed by atoms with Crippen LogP contribution in [-0.4, -0.2) is 13.2 Å². The molecule has 0 heterocycles. The van der Waals surface area contributed by atoms with Gasteiger partial charge in [-0.15, -0.1) is 12.4 Å². The van der Waals surface area contributed by atoms with E-state index in [2.05, 4.69) is 15.9 Å². The Balaban J connectivity index is 0.00000242. The van der Waals surface area contributed by atoms with Crippen LogP contribution in [0.15, 0.2) is 46.9 Å². The summed E-state index contributed by atoms with van der Waals surface area (Å²) in [5.41, 5.74) is 8.13. The summed E-state index contributed by atoms with van der Waals surface area (Å²) in [5, 5.41) is 0. The fourth-order valence-electron chi connectivity index (χ4n) is 2.09. The third kappa shape index (κ3) is 5.20. The van der Waals surface area contributed by atoms with E-state index >= 15 is 0 Å². The zero-order valence-electron chi connectivity index (χ0n) is 12.7. The smallest absolute Gasteiger partial charge is 0.162 e. The monoisotopic (exact) mass is 385 g/mol. The van der Waals surface area contributed by atoms with Crippen LogP contribution in [0.5, 0.6) is 11.5 Å². The van der Waals surface area contributed by atoms with Crippen LogP contribution in [0.4, 0.5) is 0 Å². The third-order valence-electron chi connectivity index (χ3n) is 3.11. The lowest BCUT2D eigenvalue weighted by molar-refractivity contribution is 0.284. The molecule has 2 N–H and O–H groups in total. The second kappa shape index (κ2) is 9.03. The highest BCUT2D eigenvalue weighted by Gasteiger charge is 2.11. The van der Waals surface area contributed by atoms with Crippen molar-refractivity contribution in [2.24, 2.45) is 5.73 Å². The van der Waals surface area contributed by atoms with Crippen LogP contribution in [0.1, 0.15) is 18.1 Å². The van der Waals surface area contributed by atoms with Crippen LogP contribution < -0.4 is 15.2 Å². The standard InChI is InChI=1S/C17H20BrNO2.ClH/c1-12(19)8-14-9-17(16(20-2)10-15(14)18)21-11-13-6-4-3-5-7-13;/h3-7,9-10,12H,8,11,19H2,1-2H3;1H. The van der Waals surface area contributed by atoms with Gasteiger partial charge in [0.2, 0.25) is 0 Å². The Morgan fingerprint density at radius 2 is 1.82 bits per heavy atom. The summed E-state index contributed by atoms with van der Waals surface area (Å²) in [6.07, 6.45) is 0.784. The molecule has 2 rings (SSSR count). The van der Waals surface area contributed by atoms with Gasteiger partial charge < -0.3 is 15.2 Å². The summed E-state index contributed by atoms with van der Waals surface area (Å²) in [4.78, 5) is 0. The average Bonchev–Trinajstić information content (AvgIpc) is 2.48. The Kier molecular flexibility index (Phi) is 7.73. The second-order valence-electron chi connectivity index (χ2n) is 5.05. The molecule has 0 aromatic heterocycles. The molecule has 0 aliphatic heterocycles. The summed E-state index contributed by atoms with van der Waals surface area (Å²) >= 11 is 3.56. The normalized spacial score (nSPS) is 11.5. The lowest BCUT2D eigenvalue weighted by Crippen LogP contribution is -2.18. The van der Waals surface area contributed by atoms with Gasteiger partial charge in [0, 0.05) is 10.5 Å². The number of methoxy groups -OCH3 is 1. The van der Waals surface area contributed by atoms with E-state index in [1.807, 2.05) is 49.4 Å². The van der Waals surface area contributed by atoms with E-state index in [4.69, 9.17) is 15.2 Å². The van der Waals surface area contributed by atoms with E-state index in [9.17, 15) is 0 Å². The molecule has 0 saturated carbocycles. The predicted octanol–water partition coefficient (Wildman–Crippen LogP) is 4.35. The molecule has 0 aliphatic rings.